The molecule has 0 bridgehead atoms. The molecule has 132 valence electrons. The van der Waals surface area contributed by atoms with Crippen LogP contribution < -0.4 is 14.8 Å². The van der Waals surface area contributed by atoms with Crippen molar-refractivity contribution in [2.45, 2.75) is 13.8 Å². The molecule has 2 aromatic rings. The Hall–Kier alpha value is -3.02. The van der Waals surface area contributed by atoms with Crippen LogP contribution in [0.15, 0.2) is 42.5 Å². The van der Waals surface area contributed by atoms with E-state index in [1.165, 1.54) is 0 Å². The number of ether oxygens (including phenoxy) is 3. The Balaban J connectivity index is 1.76. The second-order valence-electron chi connectivity index (χ2n) is 5.55. The Morgan fingerprint density at radius 1 is 0.960 bits per heavy atom. The van der Waals surface area contributed by atoms with E-state index in [0.717, 1.165) is 11.1 Å². The summed E-state index contributed by atoms with van der Waals surface area (Å²) in [7, 11) is 1.54. The van der Waals surface area contributed by atoms with Crippen LogP contribution in [0.2, 0.25) is 0 Å². The fourth-order valence-corrected chi connectivity index (χ4v) is 2.24. The number of anilines is 1. The minimum atomic E-state index is -0.611. The maximum Gasteiger partial charge on any atom is 0.344 e. The Kier molecular flexibility index (Phi) is 6.39. The van der Waals surface area contributed by atoms with Crippen LogP contribution >= 0.6 is 0 Å². The predicted octanol–water partition coefficient (Wildman–Crippen LogP) is 2.87. The highest BCUT2D eigenvalue weighted by Gasteiger charge is 2.09. The highest BCUT2D eigenvalue weighted by Crippen LogP contribution is 2.17. The van der Waals surface area contributed by atoms with Crippen molar-refractivity contribution in [1.82, 2.24) is 0 Å². The third-order valence-electron chi connectivity index (χ3n) is 3.27. The van der Waals surface area contributed by atoms with E-state index in [2.05, 4.69) is 5.32 Å². The van der Waals surface area contributed by atoms with Gasteiger partial charge in [0.25, 0.3) is 5.91 Å². The molecule has 1 amide bonds. The fraction of sp³-hybridized carbons (Fsp3) is 0.263. The maximum absolute atomic E-state index is 11.8. The normalized spacial score (nSPS) is 10.0. The van der Waals surface area contributed by atoms with Gasteiger partial charge in [-0.05, 0) is 49.2 Å². The summed E-state index contributed by atoms with van der Waals surface area (Å²) < 4.78 is 15.4. The van der Waals surface area contributed by atoms with Crippen LogP contribution in [-0.4, -0.2) is 32.2 Å². The number of methoxy groups -OCH3 is 1. The highest BCUT2D eigenvalue weighted by atomic mass is 16.6. The number of benzene rings is 2. The Morgan fingerprint density at radius 2 is 1.68 bits per heavy atom. The first-order valence-electron chi connectivity index (χ1n) is 7.77. The summed E-state index contributed by atoms with van der Waals surface area (Å²) in [6.07, 6.45) is 0. The number of rotatable bonds is 7. The van der Waals surface area contributed by atoms with Crippen LogP contribution in [0.5, 0.6) is 11.5 Å². The van der Waals surface area contributed by atoms with Gasteiger partial charge < -0.3 is 19.5 Å². The Morgan fingerprint density at radius 3 is 2.36 bits per heavy atom. The first kappa shape index (κ1) is 18.3. The maximum atomic E-state index is 11.8. The third kappa shape index (κ3) is 6.18. The summed E-state index contributed by atoms with van der Waals surface area (Å²) in [5, 5.41) is 2.62. The quantitative estimate of drug-likeness (QED) is 0.783. The zero-order valence-electron chi connectivity index (χ0n) is 14.5. The molecule has 0 atom stereocenters. The molecule has 0 spiro atoms. The smallest absolute Gasteiger partial charge is 0.344 e. The van der Waals surface area contributed by atoms with Crippen molar-refractivity contribution < 1.29 is 23.8 Å². The summed E-state index contributed by atoms with van der Waals surface area (Å²) >= 11 is 0. The van der Waals surface area contributed by atoms with Gasteiger partial charge in [-0.15, -0.1) is 0 Å². The average Bonchev–Trinajstić information content (AvgIpc) is 2.57. The summed E-state index contributed by atoms with van der Waals surface area (Å²) in [6, 6.07) is 12.6. The lowest BCUT2D eigenvalue weighted by atomic mass is 10.1. The zero-order valence-corrected chi connectivity index (χ0v) is 14.5. The predicted molar refractivity (Wildman–Crippen MR) is 94.0 cm³/mol. The lowest BCUT2D eigenvalue weighted by molar-refractivity contribution is -0.149. The van der Waals surface area contributed by atoms with Gasteiger partial charge in [0.15, 0.2) is 13.2 Å². The first-order valence-corrected chi connectivity index (χ1v) is 7.77. The lowest BCUT2D eigenvalue weighted by Gasteiger charge is -2.09. The van der Waals surface area contributed by atoms with Crippen molar-refractivity contribution in [3.05, 3.63) is 53.6 Å². The van der Waals surface area contributed by atoms with Crippen molar-refractivity contribution >= 4 is 17.6 Å². The molecule has 0 saturated heterocycles. The van der Waals surface area contributed by atoms with E-state index in [1.54, 1.807) is 31.4 Å². The molecule has 0 fully saturated rings. The number of hydrogen-bond donors (Lipinski definition) is 1. The van der Waals surface area contributed by atoms with E-state index in [-0.39, 0.29) is 13.2 Å². The Labute approximate surface area is 146 Å². The average molecular weight is 343 g/mol. The first-order chi connectivity index (χ1) is 12.0. The number of nitrogens with one attached hydrogen (secondary N) is 1. The standard InChI is InChI=1S/C19H21NO5/c1-13-7-14(2)9-17(8-13)24-12-19(22)25-11-18(21)20-15-5-4-6-16(10-15)23-3/h4-10H,11-12H2,1-3H3,(H,20,21). The summed E-state index contributed by atoms with van der Waals surface area (Å²) in [4.78, 5) is 23.5. The number of esters is 1. The highest BCUT2D eigenvalue weighted by molar-refractivity contribution is 5.93. The zero-order chi connectivity index (χ0) is 18.2. The second-order valence-corrected chi connectivity index (χ2v) is 5.55. The van der Waals surface area contributed by atoms with Crippen LogP contribution in [0.1, 0.15) is 11.1 Å². The van der Waals surface area contributed by atoms with E-state index in [4.69, 9.17) is 14.2 Å². The number of amides is 1. The van der Waals surface area contributed by atoms with Gasteiger partial charge in [0, 0.05) is 11.8 Å². The van der Waals surface area contributed by atoms with E-state index in [0.29, 0.717) is 17.2 Å². The molecule has 0 unspecified atom stereocenters. The van der Waals surface area contributed by atoms with Gasteiger partial charge in [-0.1, -0.05) is 12.1 Å². The van der Waals surface area contributed by atoms with Crippen LogP contribution in [0.25, 0.3) is 0 Å². The number of aryl methyl sites for hydroxylation is 2. The van der Waals surface area contributed by atoms with E-state index in [1.807, 2.05) is 32.0 Å². The van der Waals surface area contributed by atoms with Gasteiger partial charge in [-0.3, -0.25) is 4.79 Å². The van der Waals surface area contributed by atoms with Crippen molar-refractivity contribution in [2.75, 3.05) is 25.6 Å². The van der Waals surface area contributed by atoms with Crippen molar-refractivity contribution in [1.29, 1.82) is 0 Å². The van der Waals surface area contributed by atoms with E-state index < -0.39 is 11.9 Å². The van der Waals surface area contributed by atoms with Gasteiger partial charge in [-0.25, -0.2) is 4.79 Å². The summed E-state index contributed by atoms with van der Waals surface area (Å²) in [5.41, 5.74) is 2.65. The number of carbonyl (C=O) groups is 2. The van der Waals surface area contributed by atoms with Gasteiger partial charge >= 0.3 is 5.97 Å². The fourth-order valence-electron chi connectivity index (χ4n) is 2.24. The van der Waals surface area contributed by atoms with Crippen molar-refractivity contribution in [3.8, 4) is 11.5 Å². The number of hydrogen-bond acceptors (Lipinski definition) is 5. The van der Waals surface area contributed by atoms with E-state index in [9.17, 15) is 9.59 Å². The largest absolute Gasteiger partial charge is 0.497 e. The molecule has 0 saturated carbocycles. The molecule has 0 heterocycles. The summed E-state index contributed by atoms with van der Waals surface area (Å²) in [5.74, 6) is 0.167. The monoisotopic (exact) mass is 343 g/mol. The van der Waals surface area contributed by atoms with Gasteiger partial charge in [0.1, 0.15) is 11.5 Å². The molecule has 2 rings (SSSR count). The van der Waals surface area contributed by atoms with E-state index >= 15 is 0 Å². The van der Waals surface area contributed by atoms with Crippen LogP contribution in [-0.2, 0) is 14.3 Å². The molecule has 0 aromatic heterocycles. The minimum Gasteiger partial charge on any atom is -0.497 e. The molecule has 0 radical (unpaired) electrons. The lowest BCUT2D eigenvalue weighted by Crippen LogP contribution is -2.23. The van der Waals surface area contributed by atoms with Gasteiger partial charge in [0.2, 0.25) is 0 Å². The molecule has 2 aromatic carbocycles. The van der Waals surface area contributed by atoms with Gasteiger partial charge in [0.05, 0.1) is 7.11 Å². The molecule has 0 aliphatic heterocycles. The van der Waals surface area contributed by atoms with Crippen molar-refractivity contribution in [2.24, 2.45) is 0 Å². The SMILES string of the molecule is COc1cccc(NC(=O)COC(=O)COc2cc(C)cc(C)c2)c1. The Bertz CT molecular complexity index is 737. The topological polar surface area (TPSA) is 73.9 Å². The van der Waals surface area contributed by atoms with Crippen LogP contribution in [0.4, 0.5) is 5.69 Å². The molecule has 0 aliphatic rings. The minimum absolute atomic E-state index is 0.255. The summed E-state index contributed by atoms with van der Waals surface area (Å²) in [6.45, 7) is 3.25. The van der Waals surface area contributed by atoms with Gasteiger partial charge in [-0.2, -0.15) is 0 Å². The van der Waals surface area contributed by atoms with Crippen LogP contribution in [0, 0.1) is 13.8 Å². The molecule has 6 heteroatoms. The van der Waals surface area contributed by atoms with Crippen molar-refractivity contribution in [3.63, 3.8) is 0 Å². The third-order valence-corrected chi connectivity index (χ3v) is 3.27. The molecule has 0 aliphatic carbocycles. The second kappa shape index (κ2) is 8.73. The van der Waals surface area contributed by atoms with Crippen LogP contribution in [0.3, 0.4) is 0 Å². The molecular formula is C19H21NO5. The molecule has 1 N–H and O–H groups in total. The molecule has 6 nitrogen and oxygen atoms in total. The molecule has 25 heavy (non-hydrogen) atoms. The molecular weight excluding hydrogens is 322 g/mol. The number of carbonyl (C=O) groups excluding carboxylic acids is 2.